The van der Waals surface area contributed by atoms with Crippen molar-refractivity contribution in [2.24, 2.45) is 0 Å². The van der Waals surface area contributed by atoms with Gasteiger partial charge >= 0.3 is 0 Å². The quantitative estimate of drug-likeness (QED) is 0.815. The highest BCUT2D eigenvalue weighted by atomic mass is 32.2. The van der Waals surface area contributed by atoms with Crippen LogP contribution in [0.2, 0.25) is 0 Å². The Morgan fingerprint density at radius 2 is 2.00 bits per heavy atom. The molecule has 3 rings (SSSR count). The molecule has 0 fully saturated rings. The lowest BCUT2D eigenvalue weighted by Crippen LogP contribution is -2.33. The second-order valence-electron chi connectivity index (χ2n) is 5.48. The van der Waals surface area contributed by atoms with E-state index in [1.807, 2.05) is 19.1 Å². The van der Waals surface area contributed by atoms with Gasteiger partial charge in [-0.3, -0.25) is 9.29 Å². The number of hydrogen-bond donors (Lipinski definition) is 0. The van der Waals surface area contributed by atoms with Gasteiger partial charge in [0.05, 0.1) is 18.0 Å². The zero-order valence-corrected chi connectivity index (χ0v) is 13.9. The van der Waals surface area contributed by atoms with Crippen molar-refractivity contribution in [3.63, 3.8) is 0 Å². The summed E-state index contributed by atoms with van der Waals surface area (Å²) in [5.41, 5.74) is 2.86. The molecule has 0 unspecified atom stereocenters. The van der Waals surface area contributed by atoms with Gasteiger partial charge in [0.2, 0.25) is 10.0 Å². The predicted octanol–water partition coefficient (Wildman–Crippen LogP) is 2.42. The number of benzene rings is 1. The first kappa shape index (κ1) is 15.8. The highest BCUT2D eigenvalue weighted by Gasteiger charge is 2.21. The molecule has 122 valence electrons. The maximum atomic E-state index is 12.7. The lowest BCUT2D eigenvalue weighted by Gasteiger charge is -2.22. The average molecular weight is 332 g/mol. The first-order valence-electron chi connectivity index (χ1n) is 7.75. The molecule has 0 N–H and O–H groups in total. The van der Waals surface area contributed by atoms with E-state index in [-0.39, 0.29) is 5.75 Å². The molecule has 1 aromatic carbocycles. The summed E-state index contributed by atoms with van der Waals surface area (Å²) >= 11 is 0. The molecular weight excluding hydrogens is 312 g/mol. The summed E-state index contributed by atoms with van der Waals surface area (Å²) in [5, 5.41) is 0. The smallest absolute Gasteiger partial charge is 0.235 e. The summed E-state index contributed by atoms with van der Waals surface area (Å²) in [7, 11) is -3.36. The molecule has 0 radical (unpaired) electrons. The minimum Gasteiger partial charge on any atom is -0.493 e. The van der Waals surface area contributed by atoms with E-state index in [2.05, 4.69) is 11.1 Å². The third kappa shape index (κ3) is 3.47. The number of pyridine rings is 1. The van der Waals surface area contributed by atoms with E-state index in [0.717, 1.165) is 17.7 Å². The second kappa shape index (κ2) is 6.58. The number of sulfonamides is 1. The molecule has 1 aliphatic heterocycles. The zero-order valence-electron chi connectivity index (χ0n) is 13.1. The van der Waals surface area contributed by atoms with Crippen LogP contribution >= 0.6 is 0 Å². The summed E-state index contributed by atoms with van der Waals surface area (Å²) in [6.07, 6.45) is 4.60. The Labute approximate surface area is 137 Å². The Kier molecular flexibility index (Phi) is 4.52. The summed E-state index contributed by atoms with van der Waals surface area (Å²) in [4.78, 5) is 3.94. The number of fused-ring (bicyclic) bond motifs is 1. The Balaban J connectivity index is 1.73. The standard InChI is InChI=1S/C17H20N2O3S/c1-2-19(16-5-9-18-10-6-16)23(20,21)12-8-14-3-4-17-15(13-14)7-11-22-17/h3-6,9-10,13H,2,7-8,11-12H2,1H3. The molecule has 2 heterocycles. The molecule has 0 bridgehead atoms. The molecule has 1 aromatic heterocycles. The molecule has 1 aliphatic rings. The van der Waals surface area contributed by atoms with Crippen LogP contribution in [0.25, 0.3) is 0 Å². The van der Waals surface area contributed by atoms with Gasteiger partial charge in [-0.15, -0.1) is 0 Å². The van der Waals surface area contributed by atoms with Gasteiger partial charge in [-0.25, -0.2) is 8.42 Å². The van der Waals surface area contributed by atoms with Crippen molar-refractivity contribution in [1.82, 2.24) is 4.98 Å². The lowest BCUT2D eigenvalue weighted by atomic mass is 10.1. The van der Waals surface area contributed by atoms with Crippen LogP contribution in [0.4, 0.5) is 5.69 Å². The molecule has 23 heavy (non-hydrogen) atoms. The number of aryl methyl sites for hydroxylation is 1. The Morgan fingerprint density at radius 1 is 1.22 bits per heavy atom. The van der Waals surface area contributed by atoms with E-state index in [1.54, 1.807) is 24.5 Å². The van der Waals surface area contributed by atoms with Crippen LogP contribution in [0.3, 0.4) is 0 Å². The molecule has 0 spiro atoms. The molecule has 5 nitrogen and oxygen atoms in total. The van der Waals surface area contributed by atoms with Crippen LogP contribution in [0, 0.1) is 0 Å². The van der Waals surface area contributed by atoms with Crippen LogP contribution < -0.4 is 9.04 Å². The SMILES string of the molecule is CCN(c1ccncc1)S(=O)(=O)CCc1ccc2c(c1)CCO2. The third-order valence-corrected chi connectivity index (χ3v) is 5.84. The minimum absolute atomic E-state index is 0.0861. The molecule has 0 saturated heterocycles. The molecule has 0 saturated carbocycles. The van der Waals surface area contributed by atoms with Crippen molar-refractivity contribution < 1.29 is 13.2 Å². The van der Waals surface area contributed by atoms with E-state index in [4.69, 9.17) is 4.74 Å². The number of aromatic nitrogens is 1. The molecule has 2 aromatic rings. The van der Waals surface area contributed by atoms with Crippen molar-refractivity contribution in [2.45, 2.75) is 19.8 Å². The summed E-state index contributed by atoms with van der Waals surface area (Å²) in [6, 6.07) is 9.37. The van der Waals surface area contributed by atoms with Crippen molar-refractivity contribution >= 4 is 15.7 Å². The third-order valence-electron chi connectivity index (χ3n) is 3.98. The van der Waals surface area contributed by atoms with Gasteiger partial charge in [0.1, 0.15) is 5.75 Å². The van der Waals surface area contributed by atoms with E-state index in [1.165, 1.54) is 9.87 Å². The molecule has 0 amide bonds. The molecule has 0 atom stereocenters. The van der Waals surface area contributed by atoms with E-state index in [9.17, 15) is 8.42 Å². The van der Waals surface area contributed by atoms with Gasteiger partial charge < -0.3 is 4.74 Å². The van der Waals surface area contributed by atoms with Crippen molar-refractivity contribution in [3.8, 4) is 5.75 Å². The van der Waals surface area contributed by atoms with Crippen LogP contribution in [0.5, 0.6) is 5.75 Å². The Hall–Kier alpha value is -2.08. The fraction of sp³-hybridized carbons (Fsp3) is 0.353. The Morgan fingerprint density at radius 3 is 2.74 bits per heavy atom. The lowest BCUT2D eigenvalue weighted by molar-refractivity contribution is 0.357. The van der Waals surface area contributed by atoms with Gasteiger partial charge in [0.15, 0.2) is 0 Å². The summed E-state index contributed by atoms with van der Waals surface area (Å²) < 4.78 is 32.2. The van der Waals surface area contributed by atoms with Gasteiger partial charge in [-0.2, -0.15) is 0 Å². The number of anilines is 1. The van der Waals surface area contributed by atoms with E-state index >= 15 is 0 Å². The van der Waals surface area contributed by atoms with E-state index in [0.29, 0.717) is 25.3 Å². The maximum absolute atomic E-state index is 12.7. The Bertz CT molecular complexity index is 776. The first-order valence-corrected chi connectivity index (χ1v) is 9.36. The van der Waals surface area contributed by atoms with Crippen molar-refractivity contribution in [3.05, 3.63) is 53.9 Å². The topological polar surface area (TPSA) is 59.5 Å². The van der Waals surface area contributed by atoms with Crippen molar-refractivity contribution in [1.29, 1.82) is 0 Å². The van der Waals surface area contributed by atoms with Crippen LogP contribution in [0.15, 0.2) is 42.7 Å². The molecular formula is C17H20N2O3S. The van der Waals surface area contributed by atoms with E-state index < -0.39 is 10.0 Å². The highest BCUT2D eigenvalue weighted by Crippen LogP contribution is 2.26. The van der Waals surface area contributed by atoms with Crippen LogP contribution in [0.1, 0.15) is 18.1 Å². The zero-order chi connectivity index (χ0) is 16.3. The normalized spacial score (nSPS) is 13.4. The van der Waals surface area contributed by atoms with Gasteiger partial charge in [0.25, 0.3) is 0 Å². The number of rotatable bonds is 6. The monoisotopic (exact) mass is 332 g/mol. The number of nitrogens with zero attached hydrogens (tertiary/aromatic N) is 2. The minimum atomic E-state index is -3.36. The summed E-state index contributed by atoms with van der Waals surface area (Å²) in [6.45, 7) is 2.96. The van der Waals surface area contributed by atoms with Gasteiger partial charge in [-0.1, -0.05) is 12.1 Å². The molecule has 0 aliphatic carbocycles. The number of hydrogen-bond acceptors (Lipinski definition) is 4. The van der Waals surface area contributed by atoms with Gasteiger partial charge in [0, 0.05) is 25.4 Å². The highest BCUT2D eigenvalue weighted by molar-refractivity contribution is 7.92. The fourth-order valence-corrected chi connectivity index (χ4v) is 4.35. The predicted molar refractivity (Wildman–Crippen MR) is 90.4 cm³/mol. The largest absolute Gasteiger partial charge is 0.493 e. The van der Waals surface area contributed by atoms with Gasteiger partial charge in [-0.05, 0) is 42.7 Å². The molecule has 6 heteroatoms. The summed E-state index contributed by atoms with van der Waals surface area (Å²) in [5.74, 6) is 1.01. The maximum Gasteiger partial charge on any atom is 0.235 e. The fourth-order valence-electron chi connectivity index (χ4n) is 2.80. The van der Waals surface area contributed by atoms with Crippen LogP contribution in [-0.2, 0) is 22.9 Å². The van der Waals surface area contributed by atoms with Crippen molar-refractivity contribution in [2.75, 3.05) is 23.2 Å². The first-order chi connectivity index (χ1) is 11.1. The number of ether oxygens (including phenoxy) is 1. The average Bonchev–Trinajstić information content (AvgIpc) is 3.02. The second-order valence-corrected chi connectivity index (χ2v) is 7.49. The van der Waals surface area contributed by atoms with Crippen LogP contribution in [-0.4, -0.2) is 32.3 Å².